The average molecular weight is 388 g/mol. The molecule has 3 rings (SSSR count). The number of carbonyl (C=O) groups is 2. The molecule has 0 unspecified atom stereocenters. The topological polar surface area (TPSA) is 67.4 Å². The molecule has 0 spiro atoms. The van der Waals surface area contributed by atoms with Gasteiger partial charge in [0.05, 0.1) is 6.61 Å². The van der Waals surface area contributed by atoms with E-state index in [9.17, 15) is 9.59 Å². The summed E-state index contributed by atoms with van der Waals surface area (Å²) in [4.78, 5) is 24.9. The van der Waals surface area contributed by atoms with E-state index >= 15 is 0 Å². The molecule has 0 saturated carbocycles. The lowest BCUT2D eigenvalue weighted by Gasteiger charge is -2.10. The summed E-state index contributed by atoms with van der Waals surface area (Å²) in [5.41, 5.74) is 3.42. The van der Waals surface area contributed by atoms with Gasteiger partial charge in [0, 0.05) is 22.5 Å². The highest BCUT2D eigenvalue weighted by Gasteiger charge is 2.10. The van der Waals surface area contributed by atoms with Gasteiger partial charge in [0.1, 0.15) is 5.75 Å². The van der Waals surface area contributed by atoms with E-state index in [4.69, 9.17) is 4.74 Å². The molecule has 0 bridgehead atoms. The predicted octanol–water partition coefficient (Wildman–Crippen LogP) is 5.29. The van der Waals surface area contributed by atoms with E-state index < -0.39 is 0 Å². The lowest BCUT2D eigenvalue weighted by Crippen LogP contribution is -2.14. The quantitative estimate of drug-likeness (QED) is 0.578. The number of para-hydroxylation sites is 1. The van der Waals surface area contributed by atoms with Crippen LogP contribution in [-0.2, 0) is 0 Å². The highest BCUT2D eigenvalue weighted by atomic mass is 16.5. The molecule has 0 aliphatic heterocycles. The van der Waals surface area contributed by atoms with Crippen molar-refractivity contribution in [3.63, 3.8) is 0 Å². The molecular weight excluding hydrogens is 364 g/mol. The molecule has 0 aliphatic rings. The molecule has 0 saturated heterocycles. The zero-order valence-corrected chi connectivity index (χ0v) is 16.6. The molecule has 0 aliphatic carbocycles. The summed E-state index contributed by atoms with van der Waals surface area (Å²) in [6.45, 7) is 4.58. The van der Waals surface area contributed by atoms with Crippen LogP contribution in [0.2, 0.25) is 0 Å². The monoisotopic (exact) mass is 388 g/mol. The summed E-state index contributed by atoms with van der Waals surface area (Å²) in [5, 5.41) is 5.74. The molecule has 2 N–H and O–H groups in total. The fourth-order valence-corrected chi connectivity index (χ4v) is 2.76. The second-order valence-electron chi connectivity index (χ2n) is 6.68. The van der Waals surface area contributed by atoms with E-state index in [0.717, 1.165) is 17.7 Å². The van der Waals surface area contributed by atoms with Crippen LogP contribution in [0, 0.1) is 6.92 Å². The number of hydrogen-bond donors (Lipinski definition) is 2. The first-order valence-corrected chi connectivity index (χ1v) is 9.58. The highest BCUT2D eigenvalue weighted by molar-refractivity contribution is 6.06. The molecule has 3 aromatic carbocycles. The maximum absolute atomic E-state index is 12.5. The number of nitrogens with one attached hydrogen (secondary N) is 2. The number of ether oxygens (including phenoxy) is 1. The Balaban J connectivity index is 1.63. The smallest absolute Gasteiger partial charge is 0.255 e. The van der Waals surface area contributed by atoms with Gasteiger partial charge in [-0.2, -0.15) is 0 Å². The number of rotatable bonds is 7. The first kappa shape index (κ1) is 20.1. The SMILES string of the molecule is CCCOc1cccc(C(=O)Nc2ccc(C(=O)Nc3ccccc3C)cc2)c1. The third kappa shape index (κ3) is 5.45. The number of benzene rings is 3. The number of hydrogen-bond acceptors (Lipinski definition) is 3. The fraction of sp³-hybridized carbons (Fsp3) is 0.167. The van der Waals surface area contributed by atoms with E-state index in [1.807, 2.05) is 44.2 Å². The van der Waals surface area contributed by atoms with Crippen molar-refractivity contribution in [3.05, 3.63) is 89.5 Å². The predicted molar refractivity (Wildman–Crippen MR) is 116 cm³/mol. The lowest BCUT2D eigenvalue weighted by molar-refractivity contribution is 0.101. The molecular formula is C24H24N2O3. The van der Waals surface area contributed by atoms with Gasteiger partial charge >= 0.3 is 0 Å². The van der Waals surface area contributed by atoms with Crippen LogP contribution in [0.1, 0.15) is 39.6 Å². The Morgan fingerprint density at radius 2 is 1.55 bits per heavy atom. The minimum atomic E-state index is -0.232. The molecule has 0 heterocycles. The molecule has 0 atom stereocenters. The number of aryl methyl sites for hydroxylation is 1. The molecule has 5 heteroatoms. The summed E-state index contributed by atoms with van der Waals surface area (Å²) < 4.78 is 5.57. The summed E-state index contributed by atoms with van der Waals surface area (Å²) in [5.74, 6) is 0.240. The van der Waals surface area contributed by atoms with Crippen LogP contribution in [0.4, 0.5) is 11.4 Å². The van der Waals surface area contributed by atoms with Gasteiger partial charge in [0.15, 0.2) is 0 Å². The van der Waals surface area contributed by atoms with Crippen LogP contribution >= 0.6 is 0 Å². The minimum absolute atomic E-state index is 0.196. The van der Waals surface area contributed by atoms with Gasteiger partial charge < -0.3 is 15.4 Å². The Labute approximate surface area is 170 Å². The molecule has 148 valence electrons. The van der Waals surface area contributed by atoms with Crippen molar-refractivity contribution in [2.75, 3.05) is 17.2 Å². The van der Waals surface area contributed by atoms with Gasteiger partial charge in [-0.3, -0.25) is 9.59 Å². The van der Waals surface area contributed by atoms with Gasteiger partial charge in [-0.15, -0.1) is 0 Å². The largest absolute Gasteiger partial charge is 0.494 e. The van der Waals surface area contributed by atoms with Crippen molar-refractivity contribution in [1.29, 1.82) is 0 Å². The second-order valence-corrected chi connectivity index (χ2v) is 6.68. The van der Waals surface area contributed by atoms with Gasteiger partial charge in [0.2, 0.25) is 0 Å². The minimum Gasteiger partial charge on any atom is -0.494 e. The number of amides is 2. The fourth-order valence-electron chi connectivity index (χ4n) is 2.76. The van der Waals surface area contributed by atoms with E-state index in [1.54, 1.807) is 42.5 Å². The van der Waals surface area contributed by atoms with Crippen LogP contribution in [0.5, 0.6) is 5.75 Å². The van der Waals surface area contributed by atoms with Crippen LogP contribution in [0.15, 0.2) is 72.8 Å². The summed E-state index contributed by atoms with van der Waals surface area (Å²) in [6.07, 6.45) is 0.903. The Kier molecular flexibility index (Phi) is 6.63. The number of carbonyl (C=O) groups excluding carboxylic acids is 2. The highest BCUT2D eigenvalue weighted by Crippen LogP contribution is 2.18. The van der Waals surface area contributed by atoms with Crippen LogP contribution in [0.3, 0.4) is 0 Å². The van der Waals surface area contributed by atoms with E-state index in [-0.39, 0.29) is 11.8 Å². The van der Waals surface area contributed by atoms with Crippen LogP contribution < -0.4 is 15.4 Å². The molecule has 5 nitrogen and oxygen atoms in total. The van der Waals surface area contributed by atoms with Gasteiger partial charge in [-0.25, -0.2) is 0 Å². The number of anilines is 2. The van der Waals surface area contributed by atoms with Gasteiger partial charge in [-0.05, 0) is 67.4 Å². The average Bonchev–Trinajstić information content (AvgIpc) is 2.74. The van der Waals surface area contributed by atoms with Crippen LogP contribution in [-0.4, -0.2) is 18.4 Å². The van der Waals surface area contributed by atoms with E-state index in [0.29, 0.717) is 29.2 Å². The van der Waals surface area contributed by atoms with E-state index in [1.165, 1.54) is 0 Å². The molecule has 29 heavy (non-hydrogen) atoms. The van der Waals surface area contributed by atoms with Gasteiger partial charge in [-0.1, -0.05) is 31.2 Å². The first-order chi connectivity index (χ1) is 14.1. The van der Waals surface area contributed by atoms with Crippen molar-refractivity contribution < 1.29 is 14.3 Å². The Morgan fingerprint density at radius 3 is 2.28 bits per heavy atom. The third-order valence-electron chi connectivity index (χ3n) is 4.37. The summed E-state index contributed by atoms with van der Waals surface area (Å²) in [6, 6.07) is 21.5. The van der Waals surface area contributed by atoms with Crippen molar-refractivity contribution in [2.45, 2.75) is 20.3 Å². The second kappa shape index (κ2) is 9.55. The van der Waals surface area contributed by atoms with Crippen molar-refractivity contribution in [1.82, 2.24) is 0 Å². The van der Waals surface area contributed by atoms with E-state index in [2.05, 4.69) is 10.6 Å². The summed E-state index contributed by atoms with van der Waals surface area (Å²) in [7, 11) is 0. The zero-order valence-electron chi connectivity index (χ0n) is 16.6. The molecule has 2 amide bonds. The normalized spacial score (nSPS) is 10.3. The van der Waals surface area contributed by atoms with Crippen molar-refractivity contribution in [2.24, 2.45) is 0 Å². The molecule has 0 radical (unpaired) electrons. The Morgan fingerprint density at radius 1 is 0.828 bits per heavy atom. The Hall–Kier alpha value is -3.60. The third-order valence-corrected chi connectivity index (χ3v) is 4.37. The van der Waals surface area contributed by atoms with Gasteiger partial charge in [0.25, 0.3) is 11.8 Å². The maximum Gasteiger partial charge on any atom is 0.255 e. The molecule has 0 aromatic heterocycles. The van der Waals surface area contributed by atoms with Crippen molar-refractivity contribution >= 4 is 23.2 Å². The zero-order chi connectivity index (χ0) is 20.6. The first-order valence-electron chi connectivity index (χ1n) is 9.58. The van der Waals surface area contributed by atoms with Crippen LogP contribution in [0.25, 0.3) is 0 Å². The lowest BCUT2D eigenvalue weighted by atomic mass is 10.1. The molecule has 0 fully saturated rings. The maximum atomic E-state index is 12.5. The standard InChI is InChI=1S/C24H24N2O3/c1-3-15-29-21-9-6-8-19(16-21)24(28)25-20-13-11-18(12-14-20)23(27)26-22-10-5-4-7-17(22)2/h4-14,16H,3,15H2,1-2H3,(H,25,28)(H,26,27). The van der Waals surface area contributed by atoms with Crippen molar-refractivity contribution in [3.8, 4) is 5.75 Å². The summed E-state index contributed by atoms with van der Waals surface area (Å²) >= 11 is 0. The molecule has 3 aromatic rings. The Bertz CT molecular complexity index is 997.